The van der Waals surface area contributed by atoms with Crippen molar-refractivity contribution in [3.8, 4) is 0 Å². The third-order valence-corrected chi connectivity index (χ3v) is 6.91. The summed E-state index contributed by atoms with van der Waals surface area (Å²) in [6.45, 7) is 3.95. The van der Waals surface area contributed by atoms with Crippen LogP contribution in [0.25, 0.3) is 0 Å². The number of ketones is 1. The molecule has 1 aromatic carbocycles. The Morgan fingerprint density at radius 1 is 0.833 bits per heavy atom. The molecule has 4 N–H and O–H groups in total. The molecule has 42 heavy (non-hydrogen) atoms. The van der Waals surface area contributed by atoms with Crippen molar-refractivity contribution in [2.45, 2.75) is 51.5 Å². The van der Waals surface area contributed by atoms with E-state index >= 15 is 0 Å². The number of benzene rings is 1. The van der Waals surface area contributed by atoms with E-state index in [0.29, 0.717) is 45.2 Å². The molecule has 5 amide bonds. The van der Waals surface area contributed by atoms with E-state index in [2.05, 4.69) is 26.2 Å². The molecule has 2 rings (SSSR count). The molecule has 0 fully saturated rings. The van der Waals surface area contributed by atoms with Gasteiger partial charge in [-0.25, -0.2) is 0 Å². The standard InChI is InChI=1S/C30H44N6O6/c1-3-35(2)19-17-31-27(39)21-32-24(14-13-23-10-6-4-7-11-23)25(37)20-33-28(40)22-34-26(38)12-8-5-9-18-36-29(41)15-16-30(36)42/h4,6-7,10-11,15-16,24,32H,3,5,8-9,12-14,17-22H2,1-2H3,(H,31,39)(H,33,40)(H,34,38). The largest absolute Gasteiger partial charge is 0.354 e. The quantitative estimate of drug-likeness (QED) is 0.116. The van der Waals surface area contributed by atoms with E-state index in [0.717, 1.165) is 23.6 Å². The molecule has 0 saturated heterocycles. The second-order valence-electron chi connectivity index (χ2n) is 10.2. The number of carbonyl (C=O) groups excluding carboxylic acids is 6. The molecule has 0 radical (unpaired) electrons. The van der Waals surface area contributed by atoms with Gasteiger partial charge in [0, 0.05) is 38.2 Å². The Bertz CT molecular complexity index is 1080. The van der Waals surface area contributed by atoms with E-state index in [1.807, 2.05) is 44.3 Å². The number of nitrogens with one attached hydrogen (secondary N) is 4. The van der Waals surface area contributed by atoms with Gasteiger partial charge in [-0.1, -0.05) is 43.7 Å². The van der Waals surface area contributed by atoms with E-state index in [4.69, 9.17) is 0 Å². The Hall–Kier alpha value is -3.90. The van der Waals surface area contributed by atoms with E-state index in [9.17, 15) is 28.8 Å². The van der Waals surface area contributed by atoms with Gasteiger partial charge in [0.1, 0.15) is 0 Å². The summed E-state index contributed by atoms with van der Waals surface area (Å²) in [5, 5.41) is 11.0. The molecule has 1 unspecified atom stereocenters. The number of hydrogen-bond acceptors (Lipinski definition) is 8. The average Bonchev–Trinajstić information content (AvgIpc) is 3.31. The first kappa shape index (κ1) is 34.3. The number of aryl methyl sites for hydroxylation is 1. The van der Waals surface area contributed by atoms with Crippen molar-refractivity contribution in [1.82, 2.24) is 31.1 Å². The van der Waals surface area contributed by atoms with Crippen molar-refractivity contribution in [3.05, 3.63) is 48.0 Å². The summed E-state index contributed by atoms with van der Waals surface area (Å²) in [5.41, 5.74) is 1.06. The number of carbonyl (C=O) groups is 6. The molecule has 0 aliphatic carbocycles. The number of imide groups is 1. The molecule has 0 aromatic heterocycles. The molecule has 0 spiro atoms. The van der Waals surface area contributed by atoms with Gasteiger partial charge in [0.2, 0.25) is 17.7 Å². The summed E-state index contributed by atoms with van der Waals surface area (Å²) in [4.78, 5) is 75.9. The minimum atomic E-state index is -0.633. The Kier molecular flexibility index (Phi) is 15.7. The van der Waals surface area contributed by atoms with E-state index in [1.54, 1.807) is 0 Å². The van der Waals surface area contributed by atoms with Crippen LogP contribution in [0.2, 0.25) is 0 Å². The smallest absolute Gasteiger partial charge is 0.253 e. The topological polar surface area (TPSA) is 157 Å². The fourth-order valence-corrected chi connectivity index (χ4v) is 4.18. The minimum absolute atomic E-state index is 0.0213. The van der Waals surface area contributed by atoms with Gasteiger partial charge in [-0.2, -0.15) is 0 Å². The summed E-state index contributed by atoms with van der Waals surface area (Å²) in [5.74, 6) is -1.90. The highest BCUT2D eigenvalue weighted by Crippen LogP contribution is 2.08. The molecule has 1 atom stereocenters. The average molecular weight is 585 g/mol. The highest BCUT2D eigenvalue weighted by molar-refractivity contribution is 6.12. The lowest BCUT2D eigenvalue weighted by Crippen LogP contribution is -2.48. The van der Waals surface area contributed by atoms with Crippen LogP contribution in [0.1, 0.15) is 44.6 Å². The van der Waals surface area contributed by atoms with Crippen LogP contribution in [-0.4, -0.2) is 104 Å². The molecule has 230 valence electrons. The predicted molar refractivity (Wildman–Crippen MR) is 158 cm³/mol. The van der Waals surface area contributed by atoms with Crippen LogP contribution in [0.4, 0.5) is 0 Å². The van der Waals surface area contributed by atoms with Crippen molar-refractivity contribution < 1.29 is 28.8 Å². The predicted octanol–water partition coefficient (Wildman–Crippen LogP) is -0.0678. The van der Waals surface area contributed by atoms with Crippen LogP contribution >= 0.6 is 0 Å². The zero-order valence-corrected chi connectivity index (χ0v) is 24.7. The third-order valence-electron chi connectivity index (χ3n) is 6.91. The van der Waals surface area contributed by atoms with Crippen LogP contribution in [0.5, 0.6) is 0 Å². The number of Topliss-reactive ketones (excluding diaryl/α,β-unsaturated/α-hetero) is 1. The van der Waals surface area contributed by atoms with Gasteiger partial charge in [0.15, 0.2) is 5.78 Å². The molecule has 1 aromatic rings. The van der Waals surface area contributed by atoms with Crippen LogP contribution in [-0.2, 0) is 35.2 Å². The lowest BCUT2D eigenvalue weighted by Gasteiger charge is -2.19. The summed E-state index contributed by atoms with van der Waals surface area (Å²) in [7, 11) is 1.97. The molecule has 12 nitrogen and oxygen atoms in total. The Balaban J connectivity index is 1.69. The maximum Gasteiger partial charge on any atom is 0.253 e. The molecule has 1 heterocycles. The number of amides is 5. The molecule has 0 bridgehead atoms. The zero-order valence-electron chi connectivity index (χ0n) is 24.7. The fraction of sp³-hybridized carbons (Fsp3) is 0.533. The molecular formula is C30H44N6O6. The Morgan fingerprint density at radius 3 is 2.19 bits per heavy atom. The Morgan fingerprint density at radius 2 is 1.50 bits per heavy atom. The zero-order chi connectivity index (χ0) is 30.7. The van der Waals surface area contributed by atoms with Gasteiger partial charge in [-0.05, 0) is 44.8 Å². The minimum Gasteiger partial charge on any atom is -0.354 e. The van der Waals surface area contributed by atoms with Gasteiger partial charge in [0.05, 0.1) is 25.7 Å². The molecule has 12 heteroatoms. The molecule has 0 saturated carbocycles. The monoisotopic (exact) mass is 584 g/mol. The van der Waals surface area contributed by atoms with Crippen LogP contribution in [0.15, 0.2) is 42.5 Å². The third kappa shape index (κ3) is 13.6. The normalized spacial score (nSPS) is 13.4. The number of likely N-dealkylation sites (N-methyl/N-ethyl adjacent to an activating group) is 1. The first-order chi connectivity index (χ1) is 20.2. The van der Waals surface area contributed by atoms with Crippen molar-refractivity contribution in [3.63, 3.8) is 0 Å². The summed E-state index contributed by atoms with van der Waals surface area (Å²) in [6.07, 6.45) is 5.55. The van der Waals surface area contributed by atoms with Gasteiger partial charge >= 0.3 is 0 Å². The number of hydrogen-bond donors (Lipinski definition) is 4. The van der Waals surface area contributed by atoms with Crippen LogP contribution in [0.3, 0.4) is 0 Å². The van der Waals surface area contributed by atoms with Gasteiger partial charge in [-0.3, -0.25) is 39.0 Å². The second kappa shape index (κ2) is 19.3. The van der Waals surface area contributed by atoms with Gasteiger partial charge < -0.3 is 20.9 Å². The van der Waals surface area contributed by atoms with E-state index in [-0.39, 0.29) is 55.5 Å². The maximum atomic E-state index is 12.9. The van der Waals surface area contributed by atoms with Crippen LogP contribution < -0.4 is 21.3 Å². The second-order valence-corrected chi connectivity index (χ2v) is 10.2. The SMILES string of the molecule is CCN(C)CCNC(=O)CNC(CCc1ccccc1)C(=O)CNC(=O)CNC(=O)CCCCCN1C(=O)C=CC1=O. The summed E-state index contributed by atoms with van der Waals surface area (Å²) in [6, 6.07) is 9.06. The Labute approximate surface area is 247 Å². The van der Waals surface area contributed by atoms with Crippen LogP contribution in [0, 0.1) is 0 Å². The highest BCUT2D eigenvalue weighted by atomic mass is 16.2. The van der Waals surface area contributed by atoms with Crippen molar-refractivity contribution in [2.24, 2.45) is 0 Å². The number of rotatable bonds is 21. The number of unbranched alkanes of at least 4 members (excludes halogenated alkanes) is 2. The molecule has 1 aliphatic heterocycles. The maximum absolute atomic E-state index is 12.9. The lowest BCUT2D eigenvalue weighted by molar-refractivity contribution is -0.137. The summed E-state index contributed by atoms with van der Waals surface area (Å²) >= 11 is 0. The molecule has 1 aliphatic rings. The van der Waals surface area contributed by atoms with Gasteiger partial charge in [0.25, 0.3) is 11.8 Å². The van der Waals surface area contributed by atoms with E-state index in [1.165, 1.54) is 12.2 Å². The lowest BCUT2D eigenvalue weighted by atomic mass is 10.0. The van der Waals surface area contributed by atoms with E-state index < -0.39 is 11.9 Å². The number of nitrogens with zero attached hydrogens (tertiary/aromatic N) is 2. The van der Waals surface area contributed by atoms with Gasteiger partial charge in [-0.15, -0.1) is 0 Å². The van der Waals surface area contributed by atoms with Crippen molar-refractivity contribution >= 4 is 35.3 Å². The molecular weight excluding hydrogens is 540 g/mol. The highest BCUT2D eigenvalue weighted by Gasteiger charge is 2.22. The summed E-state index contributed by atoms with van der Waals surface area (Å²) < 4.78 is 0. The first-order valence-corrected chi connectivity index (χ1v) is 14.5. The van der Waals surface area contributed by atoms with Crippen molar-refractivity contribution in [1.29, 1.82) is 0 Å². The van der Waals surface area contributed by atoms with Crippen molar-refractivity contribution in [2.75, 3.05) is 52.9 Å². The fourth-order valence-electron chi connectivity index (χ4n) is 4.18. The first-order valence-electron chi connectivity index (χ1n) is 14.5.